The second kappa shape index (κ2) is 7.87. The van der Waals surface area contributed by atoms with E-state index < -0.39 is 29.4 Å². The Labute approximate surface area is 157 Å². The first-order chi connectivity index (χ1) is 12.5. The predicted octanol–water partition coefficient (Wildman–Crippen LogP) is 5.02. The maximum Gasteiger partial charge on any atom is 0.420 e. The Morgan fingerprint density at radius 2 is 1.89 bits per heavy atom. The fourth-order valence-electron chi connectivity index (χ4n) is 2.41. The summed E-state index contributed by atoms with van der Waals surface area (Å²) in [5.41, 5.74) is -0.784. The van der Waals surface area contributed by atoms with E-state index in [-0.39, 0.29) is 28.4 Å². The summed E-state index contributed by atoms with van der Waals surface area (Å²) in [6, 6.07) is 5.78. The van der Waals surface area contributed by atoms with Crippen molar-refractivity contribution in [3.05, 3.63) is 57.6 Å². The Kier molecular flexibility index (Phi) is 6.00. The topological polar surface area (TPSA) is 75.6 Å². The highest BCUT2D eigenvalue weighted by atomic mass is 35.5. The van der Waals surface area contributed by atoms with Crippen LogP contribution < -0.4 is 10.1 Å². The molecule has 0 radical (unpaired) electrons. The molecule has 0 fully saturated rings. The van der Waals surface area contributed by atoms with Gasteiger partial charge in [-0.05, 0) is 49.7 Å². The first-order valence-corrected chi connectivity index (χ1v) is 8.11. The summed E-state index contributed by atoms with van der Waals surface area (Å²) >= 11 is 5.88. The van der Waals surface area contributed by atoms with E-state index in [1.165, 1.54) is 32.0 Å². The molecule has 2 aromatic rings. The van der Waals surface area contributed by atoms with E-state index in [1.54, 1.807) is 0 Å². The number of hydrogen-bond acceptors (Lipinski definition) is 3. The van der Waals surface area contributed by atoms with Gasteiger partial charge in [0.25, 0.3) is 5.91 Å². The number of amides is 1. The van der Waals surface area contributed by atoms with Gasteiger partial charge in [-0.2, -0.15) is 13.2 Å². The molecule has 0 aliphatic rings. The van der Waals surface area contributed by atoms with E-state index in [4.69, 9.17) is 21.4 Å². The lowest BCUT2D eigenvalue weighted by Crippen LogP contribution is -2.16. The Morgan fingerprint density at radius 3 is 2.41 bits per heavy atom. The zero-order valence-corrected chi connectivity index (χ0v) is 15.0. The van der Waals surface area contributed by atoms with Crippen LogP contribution in [-0.2, 0) is 6.18 Å². The van der Waals surface area contributed by atoms with Crippen LogP contribution in [0.2, 0.25) is 5.02 Å². The number of ether oxygens (including phenoxy) is 1. The van der Waals surface area contributed by atoms with Crippen LogP contribution in [0, 0.1) is 6.92 Å². The zero-order valence-electron chi connectivity index (χ0n) is 14.3. The third-order valence-electron chi connectivity index (χ3n) is 3.61. The highest BCUT2D eigenvalue weighted by Crippen LogP contribution is 2.41. The van der Waals surface area contributed by atoms with Crippen molar-refractivity contribution in [2.45, 2.75) is 20.0 Å². The summed E-state index contributed by atoms with van der Waals surface area (Å²) in [5.74, 6) is -2.49. The Bertz CT molecular complexity index is 897. The van der Waals surface area contributed by atoms with Crippen molar-refractivity contribution in [3.8, 4) is 5.75 Å². The lowest BCUT2D eigenvalue weighted by atomic mass is 10.1. The fourth-order valence-corrected chi connectivity index (χ4v) is 2.68. The molecule has 27 heavy (non-hydrogen) atoms. The first-order valence-electron chi connectivity index (χ1n) is 7.73. The number of hydrogen-bond donors (Lipinski definition) is 2. The summed E-state index contributed by atoms with van der Waals surface area (Å²) in [6.45, 7) is 3.03. The third kappa shape index (κ3) is 4.71. The fraction of sp³-hybridized carbons (Fsp3) is 0.222. The van der Waals surface area contributed by atoms with Gasteiger partial charge >= 0.3 is 12.1 Å². The molecule has 2 aromatic carbocycles. The number of aromatic carboxylic acids is 1. The number of carboxylic acid groups (broad SMARTS) is 1. The molecule has 0 aliphatic carbocycles. The zero-order chi connectivity index (χ0) is 20.4. The van der Waals surface area contributed by atoms with Crippen molar-refractivity contribution < 1.29 is 32.6 Å². The van der Waals surface area contributed by atoms with Crippen LogP contribution in [-0.4, -0.2) is 23.6 Å². The average molecular weight is 402 g/mol. The van der Waals surface area contributed by atoms with Gasteiger partial charge in [0.2, 0.25) is 0 Å². The maximum absolute atomic E-state index is 13.3. The average Bonchev–Trinajstić information content (AvgIpc) is 2.55. The van der Waals surface area contributed by atoms with Crippen LogP contribution in [0.3, 0.4) is 0 Å². The smallest absolute Gasteiger partial charge is 0.420 e. The number of carboxylic acids is 1. The van der Waals surface area contributed by atoms with Crippen LogP contribution in [0.1, 0.15) is 38.8 Å². The number of rotatable bonds is 5. The molecule has 0 saturated heterocycles. The monoisotopic (exact) mass is 401 g/mol. The summed E-state index contributed by atoms with van der Waals surface area (Å²) in [5, 5.41) is 11.1. The molecule has 144 valence electrons. The number of carbonyl (C=O) groups is 2. The van der Waals surface area contributed by atoms with Gasteiger partial charge in [-0.25, -0.2) is 4.79 Å². The SMILES string of the molecule is CCOc1c(Cl)cc(C(=O)Nc2ccc(C(=O)O)c(C)c2)cc1C(F)(F)F. The van der Waals surface area contributed by atoms with E-state index in [0.29, 0.717) is 11.6 Å². The molecule has 2 rings (SSSR count). The largest absolute Gasteiger partial charge is 0.492 e. The Morgan fingerprint density at radius 1 is 1.22 bits per heavy atom. The predicted molar refractivity (Wildman–Crippen MR) is 93.7 cm³/mol. The van der Waals surface area contributed by atoms with E-state index in [0.717, 1.165) is 6.07 Å². The minimum atomic E-state index is -4.76. The number of halogens is 4. The van der Waals surface area contributed by atoms with Crippen molar-refractivity contribution in [2.24, 2.45) is 0 Å². The van der Waals surface area contributed by atoms with Gasteiger partial charge in [-0.15, -0.1) is 0 Å². The van der Waals surface area contributed by atoms with Gasteiger partial charge in [0.15, 0.2) is 0 Å². The number of carbonyl (C=O) groups excluding carboxylic acids is 1. The molecule has 9 heteroatoms. The van der Waals surface area contributed by atoms with Crippen molar-refractivity contribution in [1.29, 1.82) is 0 Å². The summed E-state index contributed by atoms with van der Waals surface area (Å²) in [7, 11) is 0. The van der Waals surface area contributed by atoms with Gasteiger partial charge in [0, 0.05) is 11.3 Å². The third-order valence-corrected chi connectivity index (χ3v) is 3.90. The molecule has 1 amide bonds. The van der Waals surface area contributed by atoms with Gasteiger partial charge < -0.3 is 15.2 Å². The lowest BCUT2D eigenvalue weighted by molar-refractivity contribution is -0.138. The highest BCUT2D eigenvalue weighted by Gasteiger charge is 2.36. The summed E-state index contributed by atoms with van der Waals surface area (Å²) < 4.78 is 44.8. The second-order valence-electron chi connectivity index (χ2n) is 5.55. The molecule has 0 unspecified atom stereocenters. The quantitative estimate of drug-likeness (QED) is 0.738. The van der Waals surface area contributed by atoms with Crippen LogP contribution in [0.15, 0.2) is 30.3 Å². The van der Waals surface area contributed by atoms with Crippen LogP contribution in [0.5, 0.6) is 5.75 Å². The number of alkyl halides is 3. The van der Waals surface area contributed by atoms with Crippen LogP contribution in [0.25, 0.3) is 0 Å². The maximum atomic E-state index is 13.3. The molecule has 0 bridgehead atoms. The van der Waals surface area contributed by atoms with Gasteiger partial charge in [-0.3, -0.25) is 4.79 Å². The van der Waals surface area contributed by atoms with E-state index >= 15 is 0 Å². The molecule has 0 heterocycles. The standard InChI is InChI=1S/C18H15ClF3NO4/c1-3-27-15-13(18(20,21)22)7-10(8-14(15)19)16(24)23-11-4-5-12(17(25)26)9(2)6-11/h4-8H,3H2,1-2H3,(H,23,24)(H,25,26). The van der Waals surface area contributed by atoms with E-state index in [2.05, 4.69) is 5.32 Å². The molecule has 0 saturated carbocycles. The second-order valence-corrected chi connectivity index (χ2v) is 5.96. The number of anilines is 1. The van der Waals surface area contributed by atoms with Crippen molar-refractivity contribution in [3.63, 3.8) is 0 Å². The molecular weight excluding hydrogens is 387 g/mol. The summed E-state index contributed by atoms with van der Waals surface area (Å²) in [4.78, 5) is 23.4. The first kappa shape index (κ1) is 20.6. The minimum absolute atomic E-state index is 0.0243. The number of benzene rings is 2. The number of aryl methyl sites for hydroxylation is 1. The van der Waals surface area contributed by atoms with Crippen LogP contribution in [0.4, 0.5) is 18.9 Å². The molecule has 0 aromatic heterocycles. The molecule has 0 atom stereocenters. The van der Waals surface area contributed by atoms with Crippen molar-refractivity contribution >= 4 is 29.2 Å². The van der Waals surface area contributed by atoms with Crippen molar-refractivity contribution in [1.82, 2.24) is 0 Å². The van der Waals surface area contributed by atoms with Gasteiger partial charge in [0.1, 0.15) is 5.75 Å². The van der Waals surface area contributed by atoms with Gasteiger partial charge in [-0.1, -0.05) is 11.6 Å². The Hall–Kier alpha value is -2.74. The molecular formula is C18H15ClF3NO4. The molecule has 0 spiro atoms. The highest BCUT2D eigenvalue weighted by molar-refractivity contribution is 6.32. The van der Waals surface area contributed by atoms with E-state index in [1.807, 2.05) is 0 Å². The van der Waals surface area contributed by atoms with Crippen molar-refractivity contribution in [2.75, 3.05) is 11.9 Å². The molecule has 2 N–H and O–H groups in total. The number of nitrogens with one attached hydrogen (secondary N) is 1. The van der Waals surface area contributed by atoms with E-state index in [9.17, 15) is 22.8 Å². The van der Waals surface area contributed by atoms with Crippen LogP contribution >= 0.6 is 11.6 Å². The minimum Gasteiger partial charge on any atom is -0.492 e. The lowest BCUT2D eigenvalue weighted by Gasteiger charge is -2.16. The molecule has 5 nitrogen and oxygen atoms in total. The molecule has 0 aliphatic heterocycles. The normalized spacial score (nSPS) is 11.2. The Balaban J connectivity index is 2.38. The van der Waals surface area contributed by atoms with Gasteiger partial charge in [0.05, 0.1) is 22.8 Å². The summed E-state index contributed by atoms with van der Waals surface area (Å²) in [6.07, 6.45) is -4.76.